The Kier molecular flexibility index (Phi) is 5.86. The lowest BCUT2D eigenvalue weighted by atomic mass is 9.98. The van der Waals surface area contributed by atoms with Gasteiger partial charge in [-0.3, -0.25) is 4.79 Å². The summed E-state index contributed by atoms with van der Waals surface area (Å²) in [5.74, 6) is -0.924. The summed E-state index contributed by atoms with van der Waals surface area (Å²) in [6, 6.07) is 9.22. The zero-order chi connectivity index (χ0) is 20.5. The Morgan fingerprint density at radius 3 is 2.29 bits per heavy atom. The summed E-state index contributed by atoms with van der Waals surface area (Å²) in [4.78, 5) is 12.3. The van der Waals surface area contributed by atoms with Crippen LogP contribution in [0.5, 0.6) is 5.75 Å². The Labute approximate surface area is 165 Å². The third-order valence-corrected chi connectivity index (χ3v) is 7.25. The first-order valence-electron chi connectivity index (χ1n) is 9.25. The van der Waals surface area contributed by atoms with E-state index >= 15 is 0 Å². The molecule has 2 aromatic carbocycles. The van der Waals surface area contributed by atoms with Gasteiger partial charge in [-0.05, 0) is 62.4 Å². The van der Waals surface area contributed by atoms with Gasteiger partial charge in [-0.25, -0.2) is 12.8 Å². The van der Waals surface area contributed by atoms with E-state index in [0.717, 1.165) is 22.8 Å². The van der Waals surface area contributed by atoms with Crippen LogP contribution in [-0.4, -0.2) is 31.8 Å². The first-order valence-corrected chi connectivity index (χ1v) is 10.7. The van der Waals surface area contributed by atoms with E-state index in [1.165, 1.54) is 22.5 Å². The zero-order valence-corrected chi connectivity index (χ0v) is 17.1. The Hall–Kier alpha value is -2.25. The largest absolute Gasteiger partial charge is 0.426 e. The fourth-order valence-electron chi connectivity index (χ4n) is 3.39. The molecule has 7 heteroatoms. The minimum atomic E-state index is -3.91. The molecule has 0 N–H and O–H groups in total. The van der Waals surface area contributed by atoms with Gasteiger partial charge >= 0.3 is 5.97 Å². The summed E-state index contributed by atoms with van der Waals surface area (Å²) in [6.45, 7) is 6.07. The van der Waals surface area contributed by atoms with Crippen molar-refractivity contribution in [1.82, 2.24) is 4.31 Å². The standard InChI is InChI=1S/C21H24FNO4S/c1-14-8-9-15(2)20(16(14)3)27-21(24)17-10-12-23(13-11-17)28(25,26)19-7-5-4-6-18(19)22/h4-9,17H,10-13H2,1-3H3. The Bertz CT molecular complexity index is 995. The van der Waals surface area contributed by atoms with Gasteiger partial charge < -0.3 is 4.74 Å². The maximum atomic E-state index is 13.9. The molecule has 28 heavy (non-hydrogen) atoms. The highest BCUT2D eigenvalue weighted by Gasteiger charge is 2.34. The lowest BCUT2D eigenvalue weighted by Gasteiger charge is -2.30. The normalized spacial score (nSPS) is 16.1. The Balaban J connectivity index is 1.68. The summed E-state index contributed by atoms with van der Waals surface area (Å²) in [7, 11) is -3.91. The molecule has 0 spiro atoms. The first kappa shape index (κ1) is 20.5. The highest BCUT2D eigenvalue weighted by atomic mass is 32.2. The smallest absolute Gasteiger partial charge is 0.314 e. The second-order valence-corrected chi connectivity index (χ2v) is 9.09. The number of piperidine rings is 1. The molecule has 1 heterocycles. The van der Waals surface area contributed by atoms with Crippen LogP contribution in [0.2, 0.25) is 0 Å². The molecule has 1 saturated heterocycles. The van der Waals surface area contributed by atoms with Crippen LogP contribution in [0.15, 0.2) is 41.3 Å². The number of hydrogen-bond acceptors (Lipinski definition) is 4. The van der Waals surface area contributed by atoms with Crippen LogP contribution in [0, 0.1) is 32.5 Å². The number of carbonyl (C=O) groups excluding carboxylic acids is 1. The van der Waals surface area contributed by atoms with Gasteiger partial charge in [-0.2, -0.15) is 4.31 Å². The summed E-state index contributed by atoms with van der Waals surface area (Å²) < 4.78 is 46.1. The number of sulfonamides is 1. The van der Waals surface area contributed by atoms with Gasteiger partial charge in [0.25, 0.3) is 0 Å². The van der Waals surface area contributed by atoms with Crippen LogP contribution >= 0.6 is 0 Å². The molecule has 0 amide bonds. The number of ether oxygens (including phenoxy) is 1. The number of benzene rings is 2. The van der Waals surface area contributed by atoms with E-state index < -0.39 is 15.8 Å². The summed E-state index contributed by atoms with van der Waals surface area (Å²) >= 11 is 0. The van der Waals surface area contributed by atoms with Crippen molar-refractivity contribution < 1.29 is 22.3 Å². The molecular formula is C21H24FNO4S. The molecule has 3 rings (SSSR count). The monoisotopic (exact) mass is 405 g/mol. The molecule has 0 unspecified atom stereocenters. The molecule has 1 aliphatic heterocycles. The van der Waals surface area contributed by atoms with Crippen molar-refractivity contribution in [3.63, 3.8) is 0 Å². The molecule has 5 nitrogen and oxygen atoms in total. The van der Waals surface area contributed by atoms with Crippen molar-refractivity contribution in [3.05, 3.63) is 58.9 Å². The molecular weight excluding hydrogens is 381 g/mol. The summed E-state index contributed by atoms with van der Waals surface area (Å²) in [5.41, 5.74) is 2.85. The van der Waals surface area contributed by atoms with Crippen molar-refractivity contribution in [2.24, 2.45) is 5.92 Å². The fraction of sp³-hybridized carbons (Fsp3) is 0.381. The highest BCUT2D eigenvalue weighted by Crippen LogP contribution is 2.29. The minimum absolute atomic E-state index is 0.155. The molecule has 1 aliphatic rings. The van der Waals surface area contributed by atoms with Crippen molar-refractivity contribution in [1.29, 1.82) is 0 Å². The van der Waals surface area contributed by atoms with E-state index in [0.29, 0.717) is 18.6 Å². The van der Waals surface area contributed by atoms with Crippen molar-refractivity contribution in [3.8, 4) is 5.75 Å². The van der Waals surface area contributed by atoms with Gasteiger partial charge in [-0.15, -0.1) is 0 Å². The van der Waals surface area contributed by atoms with Crippen LogP contribution in [0.4, 0.5) is 4.39 Å². The van der Waals surface area contributed by atoms with E-state index in [1.807, 2.05) is 32.9 Å². The van der Waals surface area contributed by atoms with Crippen LogP contribution in [0.1, 0.15) is 29.5 Å². The van der Waals surface area contributed by atoms with Gasteiger partial charge in [0.1, 0.15) is 16.5 Å². The molecule has 0 saturated carbocycles. The van der Waals surface area contributed by atoms with E-state index in [-0.39, 0.29) is 29.9 Å². The zero-order valence-electron chi connectivity index (χ0n) is 16.2. The Morgan fingerprint density at radius 2 is 1.64 bits per heavy atom. The maximum Gasteiger partial charge on any atom is 0.314 e. The van der Waals surface area contributed by atoms with Gasteiger partial charge in [0.05, 0.1) is 5.92 Å². The van der Waals surface area contributed by atoms with Crippen LogP contribution < -0.4 is 4.74 Å². The molecule has 0 bridgehead atoms. The maximum absolute atomic E-state index is 13.9. The topological polar surface area (TPSA) is 63.7 Å². The number of carbonyl (C=O) groups is 1. The second-order valence-electron chi connectivity index (χ2n) is 7.18. The molecule has 0 atom stereocenters. The van der Waals surface area contributed by atoms with Gasteiger partial charge in [0.15, 0.2) is 0 Å². The van der Waals surface area contributed by atoms with E-state index in [4.69, 9.17) is 4.74 Å². The lowest BCUT2D eigenvalue weighted by molar-refractivity contribution is -0.140. The second kappa shape index (κ2) is 8.01. The number of hydrogen-bond donors (Lipinski definition) is 0. The van der Waals surface area contributed by atoms with Crippen molar-refractivity contribution in [2.75, 3.05) is 13.1 Å². The van der Waals surface area contributed by atoms with Crippen molar-refractivity contribution >= 4 is 16.0 Å². The third kappa shape index (κ3) is 3.95. The van der Waals surface area contributed by atoms with Gasteiger partial charge in [0, 0.05) is 13.1 Å². The molecule has 150 valence electrons. The highest BCUT2D eigenvalue weighted by molar-refractivity contribution is 7.89. The van der Waals surface area contributed by atoms with Crippen molar-refractivity contribution in [2.45, 2.75) is 38.5 Å². The van der Waals surface area contributed by atoms with E-state index in [1.54, 1.807) is 0 Å². The quantitative estimate of drug-likeness (QED) is 0.574. The molecule has 0 radical (unpaired) electrons. The lowest BCUT2D eigenvalue weighted by Crippen LogP contribution is -2.41. The predicted molar refractivity (Wildman–Crippen MR) is 104 cm³/mol. The van der Waals surface area contributed by atoms with Gasteiger partial charge in [-0.1, -0.05) is 24.3 Å². The van der Waals surface area contributed by atoms with Crippen LogP contribution in [0.3, 0.4) is 0 Å². The summed E-state index contributed by atoms with van der Waals surface area (Å²) in [6.07, 6.45) is 0.687. The molecule has 1 fully saturated rings. The van der Waals surface area contributed by atoms with E-state index in [2.05, 4.69) is 0 Å². The minimum Gasteiger partial charge on any atom is -0.426 e. The number of rotatable bonds is 4. The molecule has 0 aromatic heterocycles. The number of aryl methyl sites for hydroxylation is 2. The third-order valence-electron chi connectivity index (χ3n) is 5.32. The molecule has 0 aliphatic carbocycles. The fourth-order valence-corrected chi connectivity index (χ4v) is 4.93. The Morgan fingerprint density at radius 1 is 1.04 bits per heavy atom. The predicted octanol–water partition coefficient (Wildman–Crippen LogP) is 3.76. The average molecular weight is 405 g/mol. The summed E-state index contributed by atoms with van der Waals surface area (Å²) in [5, 5.41) is 0. The van der Waals surface area contributed by atoms with Crippen LogP contribution in [-0.2, 0) is 14.8 Å². The number of halogens is 1. The average Bonchev–Trinajstić information content (AvgIpc) is 2.68. The van der Waals surface area contributed by atoms with Crippen LogP contribution in [0.25, 0.3) is 0 Å². The van der Waals surface area contributed by atoms with Gasteiger partial charge in [0.2, 0.25) is 10.0 Å². The SMILES string of the molecule is Cc1ccc(C)c(OC(=O)C2CCN(S(=O)(=O)c3ccccc3F)CC2)c1C. The number of esters is 1. The first-order chi connectivity index (χ1) is 13.2. The van der Waals surface area contributed by atoms with E-state index in [9.17, 15) is 17.6 Å². The molecule has 2 aromatic rings. The number of nitrogens with zero attached hydrogens (tertiary/aromatic N) is 1.